The molecule has 1 amide bonds. The zero-order valence-electron chi connectivity index (χ0n) is 14.2. The van der Waals surface area contributed by atoms with Gasteiger partial charge < -0.3 is 4.90 Å². The molecule has 3 heterocycles. The minimum Gasteiger partial charge on any atom is -0.330 e. The van der Waals surface area contributed by atoms with E-state index in [2.05, 4.69) is 9.97 Å². The molecule has 3 aromatic rings. The number of rotatable bonds is 3. The average molecular weight is 347 g/mol. The van der Waals surface area contributed by atoms with Gasteiger partial charge in [-0.25, -0.2) is 4.39 Å². The van der Waals surface area contributed by atoms with E-state index in [-0.39, 0.29) is 17.8 Å². The Kier molecular flexibility index (Phi) is 4.44. The number of carbonyl (C=O) groups is 1. The topological polar surface area (TPSA) is 46.1 Å². The molecule has 1 aliphatic rings. The van der Waals surface area contributed by atoms with E-state index in [4.69, 9.17) is 0 Å². The summed E-state index contributed by atoms with van der Waals surface area (Å²) in [5, 5.41) is 0. The van der Waals surface area contributed by atoms with Crippen LogP contribution in [0.15, 0.2) is 67.0 Å². The standard InChI is InChI=1S/C21H18FN3O/c22-17-6-3-5-15(13-17)18-10-9-16(14-24-18)21(26)25-12-4-8-20(25)19-7-1-2-11-23-19/h1-3,5-7,9-11,13-14,20H,4,8,12H2/t20-/m1/s1. The molecule has 1 saturated heterocycles. The van der Waals surface area contributed by atoms with E-state index in [9.17, 15) is 9.18 Å². The van der Waals surface area contributed by atoms with E-state index in [0.717, 1.165) is 18.5 Å². The molecule has 0 unspecified atom stereocenters. The summed E-state index contributed by atoms with van der Waals surface area (Å²) >= 11 is 0. The molecule has 0 N–H and O–H groups in total. The third-order valence-electron chi connectivity index (χ3n) is 4.67. The molecule has 1 atom stereocenters. The lowest BCUT2D eigenvalue weighted by Crippen LogP contribution is -2.31. The van der Waals surface area contributed by atoms with E-state index in [1.165, 1.54) is 12.1 Å². The molecule has 1 aromatic carbocycles. The van der Waals surface area contributed by atoms with Crippen molar-refractivity contribution in [1.29, 1.82) is 0 Å². The van der Waals surface area contributed by atoms with Crippen molar-refractivity contribution in [2.24, 2.45) is 0 Å². The highest BCUT2D eigenvalue weighted by molar-refractivity contribution is 5.94. The summed E-state index contributed by atoms with van der Waals surface area (Å²) in [7, 11) is 0. The number of nitrogens with zero attached hydrogens (tertiary/aromatic N) is 3. The molecule has 0 bridgehead atoms. The smallest absolute Gasteiger partial charge is 0.255 e. The second-order valence-electron chi connectivity index (χ2n) is 6.35. The minimum atomic E-state index is -0.306. The quantitative estimate of drug-likeness (QED) is 0.711. The molecule has 0 radical (unpaired) electrons. The van der Waals surface area contributed by atoms with Crippen LogP contribution in [0.2, 0.25) is 0 Å². The number of benzene rings is 1. The van der Waals surface area contributed by atoms with Crippen molar-refractivity contribution in [2.45, 2.75) is 18.9 Å². The second-order valence-corrected chi connectivity index (χ2v) is 6.35. The largest absolute Gasteiger partial charge is 0.330 e. The fourth-order valence-electron chi connectivity index (χ4n) is 3.40. The normalized spacial score (nSPS) is 16.7. The van der Waals surface area contributed by atoms with Crippen molar-refractivity contribution in [3.8, 4) is 11.3 Å². The molecule has 0 spiro atoms. The van der Waals surface area contributed by atoms with E-state index in [1.807, 2.05) is 23.1 Å². The number of hydrogen-bond donors (Lipinski definition) is 0. The van der Waals surface area contributed by atoms with Gasteiger partial charge in [0.05, 0.1) is 23.0 Å². The lowest BCUT2D eigenvalue weighted by atomic mass is 10.1. The fraction of sp³-hybridized carbons (Fsp3) is 0.190. The Morgan fingerprint density at radius 2 is 2.00 bits per heavy atom. The summed E-state index contributed by atoms with van der Waals surface area (Å²) in [6.07, 6.45) is 5.20. The number of aromatic nitrogens is 2. The third-order valence-corrected chi connectivity index (χ3v) is 4.67. The number of carbonyl (C=O) groups excluding carboxylic acids is 1. The third kappa shape index (κ3) is 3.20. The maximum absolute atomic E-state index is 13.4. The van der Waals surface area contributed by atoms with Crippen LogP contribution < -0.4 is 0 Å². The van der Waals surface area contributed by atoms with Gasteiger partial charge in [-0.05, 0) is 49.2 Å². The van der Waals surface area contributed by atoms with E-state index < -0.39 is 0 Å². The van der Waals surface area contributed by atoms with Gasteiger partial charge in [-0.1, -0.05) is 18.2 Å². The number of hydrogen-bond acceptors (Lipinski definition) is 3. The molecule has 26 heavy (non-hydrogen) atoms. The van der Waals surface area contributed by atoms with Crippen molar-refractivity contribution < 1.29 is 9.18 Å². The van der Waals surface area contributed by atoms with E-state index in [1.54, 1.807) is 36.7 Å². The Labute approximate surface area is 151 Å². The zero-order valence-corrected chi connectivity index (χ0v) is 14.2. The SMILES string of the molecule is O=C(c1ccc(-c2cccc(F)c2)nc1)N1CCC[C@@H]1c1ccccn1. The van der Waals surface area contributed by atoms with Gasteiger partial charge in [0.25, 0.3) is 5.91 Å². The first-order valence-corrected chi connectivity index (χ1v) is 8.66. The highest BCUT2D eigenvalue weighted by Gasteiger charge is 2.31. The van der Waals surface area contributed by atoms with Crippen molar-refractivity contribution >= 4 is 5.91 Å². The van der Waals surface area contributed by atoms with Crippen LogP contribution >= 0.6 is 0 Å². The van der Waals surface area contributed by atoms with Crippen molar-refractivity contribution in [1.82, 2.24) is 14.9 Å². The molecule has 0 saturated carbocycles. The van der Waals surface area contributed by atoms with Gasteiger partial charge in [0.2, 0.25) is 0 Å². The number of amides is 1. The van der Waals surface area contributed by atoms with Gasteiger partial charge in [-0.3, -0.25) is 14.8 Å². The summed E-state index contributed by atoms with van der Waals surface area (Å²) < 4.78 is 13.4. The molecular weight excluding hydrogens is 329 g/mol. The monoisotopic (exact) mass is 347 g/mol. The Balaban J connectivity index is 1.56. The maximum atomic E-state index is 13.4. The summed E-state index contributed by atoms with van der Waals surface area (Å²) in [6.45, 7) is 0.714. The second kappa shape index (κ2) is 7.04. The fourth-order valence-corrected chi connectivity index (χ4v) is 3.40. The van der Waals surface area contributed by atoms with Crippen LogP contribution in [-0.2, 0) is 0 Å². The summed E-state index contributed by atoms with van der Waals surface area (Å²) in [5.41, 5.74) is 2.79. The average Bonchev–Trinajstić information content (AvgIpc) is 3.18. The minimum absolute atomic E-state index is 0.00611. The van der Waals surface area contributed by atoms with Crippen LogP contribution in [0.5, 0.6) is 0 Å². The molecule has 2 aromatic heterocycles. The van der Waals surface area contributed by atoms with Crippen LogP contribution in [0, 0.1) is 5.82 Å². The summed E-state index contributed by atoms with van der Waals surface area (Å²) in [6, 6.07) is 15.6. The zero-order chi connectivity index (χ0) is 17.9. The van der Waals surface area contributed by atoms with Gasteiger partial charge in [0.15, 0.2) is 0 Å². The van der Waals surface area contributed by atoms with E-state index >= 15 is 0 Å². The summed E-state index contributed by atoms with van der Waals surface area (Å²) in [5.74, 6) is -0.351. The van der Waals surface area contributed by atoms with Gasteiger partial charge in [0, 0.05) is 24.5 Å². The van der Waals surface area contributed by atoms with Gasteiger partial charge in [-0.15, -0.1) is 0 Å². The lowest BCUT2D eigenvalue weighted by molar-refractivity contribution is 0.0732. The number of likely N-dealkylation sites (tertiary alicyclic amines) is 1. The molecule has 4 nitrogen and oxygen atoms in total. The van der Waals surface area contributed by atoms with Crippen molar-refractivity contribution in [2.75, 3.05) is 6.54 Å². The molecule has 0 aliphatic carbocycles. The highest BCUT2D eigenvalue weighted by atomic mass is 19.1. The summed E-state index contributed by atoms with van der Waals surface area (Å²) in [4.78, 5) is 23.5. The number of pyridine rings is 2. The van der Waals surface area contributed by atoms with Crippen LogP contribution in [0.25, 0.3) is 11.3 Å². The van der Waals surface area contributed by atoms with Gasteiger partial charge in [0.1, 0.15) is 5.82 Å². The predicted octanol–water partition coefficient (Wildman–Crippen LogP) is 4.26. The first-order valence-electron chi connectivity index (χ1n) is 8.66. The first-order chi connectivity index (χ1) is 12.7. The first kappa shape index (κ1) is 16.4. The Bertz CT molecular complexity index is 912. The van der Waals surface area contributed by atoms with Gasteiger partial charge in [-0.2, -0.15) is 0 Å². The van der Waals surface area contributed by atoms with E-state index in [0.29, 0.717) is 23.4 Å². The molecule has 1 aliphatic heterocycles. The van der Waals surface area contributed by atoms with Crippen LogP contribution in [0.1, 0.15) is 34.9 Å². The predicted molar refractivity (Wildman–Crippen MR) is 96.9 cm³/mol. The van der Waals surface area contributed by atoms with Crippen LogP contribution in [-0.4, -0.2) is 27.3 Å². The molecule has 130 valence electrons. The highest BCUT2D eigenvalue weighted by Crippen LogP contribution is 2.32. The van der Waals surface area contributed by atoms with Gasteiger partial charge >= 0.3 is 0 Å². The lowest BCUT2D eigenvalue weighted by Gasteiger charge is -2.24. The maximum Gasteiger partial charge on any atom is 0.255 e. The Morgan fingerprint density at radius 3 is 2.73 bits per heavy atom. The number of halogens is 1. The molecular formula is C21H18FN3O. The molecule has 1 fully saturated rings. The van der Waals surface area contributed by atoms with Crippen LogP contribution in [0.4, 0.5) is 4.39 Å². The van der Waals surface area contributed by atoms with Crippen LogP contribution in [0.3, 0.4) is 0 Å². The Morgan fingerprint density at radius 1 is 1.08 bits per heavy atom. The molecule has 4 rings (SSSR count). The van der Waals surface area contributed by atoms with Crippen molar-refractivity contribution in [3.63, 3.8) is 0 Å². The molecule has 5 heteroatoms. The van der Waals surface area contributed by atoms with Crippen molar-refractivity contribution in [3.05, 3.63) is 84.1 Å². The Hall–Kier alpha value is -3.08.